The highest BCUT2D eigenvalue weighted by Crippen LogP contribution is 2.65. The summed E-state index contributed by atoms with van der Waals surface area (Å²) in [6.45, 7) is 11.7. The third-order valence-electron chi connectivity index (χ3n) is 9.69. The summed E-state index contributed by atoms with van der Waals surface area (Å²) in [5.74, 6) is 2.82. The highest BCUT2D eigenvalue weighted by molar-refractivity contribution is 6.00. The van der Waals surface area contributed by atoms with Crippen LogP contribution in [0.25, 0.3) is 0 Å². The molecule has 0 radical (unpaired) electrons. The lowest BCUT2D eigenvalue weighted by Crippen LogP contribution is -2.48. The molecule has 4 aliphatic carbocycles. The Morgan fingerprint density at radius 1 is 1.21 bits per heavy atom. The number of hydrogen-bond donors (Lipinski definition) is 1. The highest BCUT2D eigenvalue weighted by Gasteiger charge is 2.57. The summed E-state index contributed by atoms with van der Waals surface area (Å²) in [5.41, 5.74) is 4.63. The van der Waals surface area contributed by atoms with Crippen molar-refractivity contribution in [1.82, 2.24) is 0 Å². The summed E-state index contributed by atoms with van der Waals surface area (Å²) >= 11 is 0. The van der Waals surface area contributed by atoms with Crippen LogP contribution in [-0.2, 0) is 4.79 Å². The van der Waals surface area contributed by atoms with E-state index >= 15 is 0 Å². The maximum Gasteiger partial charge on any atom is 0.159 e. The number of rotatable bonds is 4. The van der Waals surface area contributed by atoms with Gasteiger partial charge < -0.3 is 5.11 Å². The minimum atomic E-state index is -0.102. The standard InChI is InChI=1S/C27H42O2/c1-17(2)7-6-8-18(3)23-16-24(29)25-21-10-9-19-15-20(28)11-13-26(19,4)22(21)12-14-27(23,25)5/h7,18-20,22-23,28H,6,8-16H2,1-5H3/t18-,19?,20?,22+,23-,26+,27-/m1/s1. The third-order valence-corrected chi connectivity index (χ3v) is 9.69. The van der Waals surface area contributed by atoms with Crippen molar-refractivity contribution in [3.63, 3.8) is 0 Å². The van der Waals surface area contributed by atoms with Crippen LogP contribution < -0.4 is 0 Å². The number of hydrogen-bond acceptors (Lipinski definition) is 2. The van der Waals surface area contributed by atoms with Crippen LogP contribution in [0.1, 0.15) is 98.8 Å². The van der Waals surface area contributed by atoms with Crippen LogP contribution >= 0.6 is 0 Å². The minimum absolute atomic E-state index is 0.102. The van der Waals surface area contributed by atoms with Gasteiger partial charge in [0, 0.05) is 12.0 Å². The Labute approximate surface area is 178 Å². The van der Waals surface area contributed by atoms with E-state index in [1.807, 2.05) is 0 Å². The van der Waals surface area contributed by atoms with Crippen molar-refractivity contribution in [3.05, 3.63) is 22.8 Å². The van der Waals surface area contributed by atoms with Crippen LogP contribution in [0.3, 0.4) is 0 Å². The average Bonchev–Trinajstić information content (AvgIpc) is 2.93. The van der Waals surface area contributed by atoms with Gasteiger partial charge >= 0.3 is 0 Å². The smallest absolute Gasteiger partial charge is 0.159 e. The van der Waals surface area contributed by atoms with Crippen molar-refractivity contribution in [2.45, 2.75) is 105 Å². The predicted octanol–water partition coefficient (Wildman–Crippen LogP) is 6.63. The normalized spacial score (nSPS) is 42.8. The van der Waals surface area contributed by atoms with Crippen molar-refractivity contribution in [2.24, 2.45) is 34.5 Å². The molecule has 0 aliphatic heterocycles. The van der Waals surface area contributed by atoms with Crippen LogP contribution in [0.15, 0.2) is 22.8 Å². The van der Waals surface area contributed by atoms with E-state index in [1.54, 1.807) is 5.57 Å². The first-order chi connectivity index (χ1) is 13.7. The average molecular weight is 399 g/mol. The Morgan fingerprint density at radius 2 is 1.97 bits per heavy atom. The fraction of sp³-hybridized carbons (Fsp3) is 0.815. The molecule has 0 heterocycles. The molecule has 1 N–H and O–H groups in total. The molecule has 29 heavy (non-hydrogen) atoms. The summed E-state index contributed by atoms with van der Waals surface area (Å²) < 4.78 is 0. The lowest BCUT2D eigenvalue weighted by atomic mass is 9.48. The van der Waals surface area contributed by atoms with Gasteiger partial charge in [0.1, 0.15) is 0 Å². The Hall–Kier alpha value is -0.890. The number of aliphatic hydroxyl groups excluding tert-OH is 1. The van der Waals surface area contributed by atoms with E-state index in [9.17, 15) is 9.90 Å². The lowest BCUT2D eigenvalue weighted by Gasteiger charge is -2.56. The number of carbonyl (C=O) groups excluding carboxylic acids is 1. The van der Waals surface area contributed by atoms with Crippen molar-refractivity contribution >= 4 is 5.78 Å². The molecule has 0 bridgehead atoms. The van der Waals surface area contributed by atoms with Gasteiger partial charge in [0.2, 0.25) is 0 Å². The number of carbonyl (C=O) groups is 1. The van der Waals surface area contributed by atoms with Gasteiger partial charge in [-0.25, -0.2) is 0 Å². The van der Waals surface area contributed by atoms with Crippen molar-refractivity contribution in [3.8, 4) is 0 Å². The maximum atomic E-state index is 13.4. The van der Waals surface area contributed by atoms with E-state index < -0.39 is 0 Å². The summed E-state index contributed by atoms with van der Waals surface area (Å²) in [5, 5.41) is 10.2. The van der Waals surface area contributed by atoms with Gasteiger partial charge in [0.05, 0.1) is 6.10 Å². The molecule has 0 amide bonds. The van der Waals surface area contributed by atoms with Crippen LogP contribution in [0.5, 0.6) is 0 Å². The Bertz CT molecular complexity index is 727. The SMILES string of the molecule is CC(C)=CCC[C@@H](C)[C@H]1CC(=O)C2=C3CCC4CC(O)CC[C@]4(C)[C@H]3CC[C@@]21C. The summed E-state index contributed by atoms with van der Waals surface area (Å²) in [7, 11) is 0. The monoisotopic (exact) mass is 398 g/mol. The molecular formula is C27H42O2. The fourth-order valence-electron chi connectivity index (χ4n) is 8.01. The summed E-state index contributed by atoms with van der Waals surface area (Å²) in [6.07, 6.45) is 13.1. The Kier molecular flexibility index (Phi) is 5.64. The van der Waals surface area contributed by atoms with Gasteiger partial charge in [-0.2, -0.15) is 0 Å². The maximum absolute atomic E-state index is 13.4. The van der Waals surface area contributed by atoms with Gasteiger partial charge in [-0.3, -0.25) is 4.79 Å². The van der Waals surface area contributed by atoms with Crippen molar-refractivity contribution < 1.29 is 9.90 Å². The Morgan fingerprint density at radius 3 is 2.69 bits per heavy atom. The summed E-state index contributed by atoms with van der Waals surface area (Å²) in [6, 6.07) is 0. The first-order valence-corrected chi connectivity index (χ1v) is 12.2. The molecule has 3 saturated carbocycles. The second-order valence-corrected chi connectivity index (χ2v) is 11.6. The largest absolute Gasteiger partial charge is 0.393 e. The second-order valence-electron chi connectivity index (χ2n) is 11.6. The number of ketones is 1. The van der Waals surface area contributed by atoms with E-state index in [1.165, 1.54) is 36.8 Å². The van der Waals surface area contributed by atoms with Crippen LogP contribution in [-0.4, -0.2) is 17.0 Å². The topological polar surface area (TPSA) is 37.3 Å². The molecule has 2 unspecified atom stereocenters. The predicted molar refractivity (Wildman–Crippen MR) is 119 cm³/mol. The molecule has 2 heteroatoms. The van der Waals surface area contributed by atoms with Crippen molar-refractivity contribution in [1.29, 1.82) is 0 Å². The van der Waals surface area contributed by atoms with Crippen LogP contribution in [0.4, 0.5) is 0 Å². The molecule has 7 atom stereocenters. The highest BCUT2D eigenvalue weighted by atomic mass is 16.3. The van der Waals surface area contributed by atoms with Crippen molar-refractivity contribution in [2.75, 3.05) is 0 Å². The molecule has 0 spiro atoms. The van der Waals surface area contributed by atoms with Crippen LogP contribution in [0.2, 0.25) is 0 Å². The van der Waals surface area contributed by atoms with E-state index in [2.05, 4.69) is 40.7 Å². The summed E-state index contributed by atoms with van der Waals surface area (Å²) in [4.78, 5) is 13.4. The van der Waals surface area contributed by atoms with Gasteiger partial charge in [-0.05, 0) is 106 Å². The minimum Gasteiger partial charge on any atom is -0.393 e. The molecule has 0 saturated heterocycles. The Balaban J connectivity index is 1.62. The molecule has 0 aromatic heterocycles. The molecule has 2 nitrogen and oxygen atoms in total. The first kappa shape index (κ1) is 21.3. The van der Waals surface area contributed by atoms with E-state index in [0.29, 0.717) is 34.9 Å². The number of allylic oxidation sites excluding steroid dienone is 4. The van der Waals surface area contributed by atoms with E-state index in [-0.39, 0.29) is 11.5 Å². The molecule has 0 aromatic carbocycles. The number of fused-ring (bicyclic) bond motifs is 4. The first-order valence-electron chi connectivity index (χ1n) is 12.2. The molecule has 3 fully saturated rings. The van der Waals surface area contributed by atoms with E-state index in [0.717, 1.165) is 38.5 Å². The lowest BCUT2D eigenvalue weighted by molar-refractivity contribution is -0.115. The molecule has 0 aromatic rings. The fourth-order valence-corrected chi connectivity index (χ4v) is 8.01. The zero-order valence-electron chi connectivity index (χ0n) is 19.4. The molecule has 4 rings (SSSR count). The van der Waals surface area contributed by atoms with Crippen LogP contribution in [0, 0.1) is 34.5 Å². The molecule has 4 aliphatic rings. The van der Waals surface area contributed by atoms with Gasteiger partial charge in [-0.1, -0.05) is 38.0 Å². The van der Waals surface area contributed by atoms with E-state index in [4.69, 9.17) is 0 Å². The van der Waals surface area contributed by atoms with Gasteiger partial charge in [-0.15, -0.1) is 0 Å². The molecular weight excluding hydrogens is 356 g/mol. The third kappa shape index (κ3) is 3.48. The second kappa shape index (κ2) is 7.66. The quantitative estimate of drug-likeness (QED) is 0.539. The number of Topliss-reactive ketones (excluding diaryl/α,β-unsaturated/α-hetero) is 1. The van der Waals surface area contributed by atoms with Gasteiger partial charge in [0.15, 0.2) is 5.78 Å². The zero-order chi connectivity index (χ0) is 21.0. The molecule has 162 valence electrons. The number of aliphatic hydroxyl groups is 1. The zero-order valence-corrected chi connectivity index (χ0v) is 19.4. The van der Waals surface area contributed by atoms with Gasteiger partial charge in [0.25, 0.3) is 0 Å².